The monoisotopic (exact) mass is 358 g/mol. The largest absolute Gasteiger partial charge is 0.349 e. The lowest BCUT2D eigenvalue weighted by molar-refractivity contribution is 0.0926. The Hall–Kier alpha value is -0.610. The summed E-state index contributed by atoms with van der Waals surface area (Å²) in [6.07, 6.45) is 8.72. The molecule has 2 atom stereocenters. The molecule has 2 rings (SSSR count). The first-order chi connectivity index (χ1) is 9.61. The third-order valence-corrected chi connectivity index (χ3v) is 4.69. The van der Waals surface area contributed by atoms with Crippen LogP contribution in [-0.2, 0) is 0 Å². The molecular formula is C15H20BrClN2O. The highest BCUT2D eigenvalue weighted by Crippen LogP contribution is 2.30. The van der Waals surface area contributed by atoms with Crippen LogP contribution in [0.2, 0.25) is 5.15 Å². The van der Waals surface area contributed by atoms with Gasteiger partial charge in [-0.25, -0.2) is 4.98 Å². The summed E-state index contributed by atoms with van der Waals surface area (Å²) >= 11 is 9.33. The number of carbonyl (C=O) groups is 1. The highest BCUT2D eigenvalue weighted by Gasteiger charge is 2.28. The van der Waals surface area contributed by atoms with Gasteiger partial charge in [0.25, 0.3) is 5.91 Å². The number of pyridine rings is 1. The summed E-state index contributed by atoms with van der Waals surface area (Å²) in [6.45, 7) is 2.20. The number of nitrogens with zero attached hydrogens (tertiary/aromatic N) is 1. The van der Waals surface area contributed by atoms with E-state index in [0.717, 1.165) is 10.9 Å². The van der Waals surface area contributed by atoms with Crippen LogP contribution in [0.5, 0.6) is 0 Å². The maximum atomic E-state index is 12.3. The Morgan fingerprint density at radius 2 is 2.35 bits per heavy atom. The normalized spacial score (nSPS) is 21.9. The van der Waals surface area contributed by atoms with Gasteiger partial charge in [-0.1, -0.05) is 37.8 Å². The van der Waals surface area contributed by atoms with Crippen LogP contribution in [0.4, 0.5) is 0 Å². The molecule has 1 aromatic rings. The first-order valence-electron chi connectivity index (χ1n) is 7.23. The predicted molar refractivity (Wildman–Crippen MR) is 85.1 cm³/mol. The number of aromatic nitrogens is 1. The summed E-state index contributed by atoms with van der Waals surface area (Å²) in [7, 11) is 0. The van der Waals surface area contributed by atoms with Crippen molar-refractivity contribution in [2.24, 2.45) is 5.92 Å². The van der Waals surface area contributed by atoms with Crippen molar-refractivity contribution in [2.45, 2.75) is 51.5 Å². The summed E-state index contributed by atoms with van der Waals surface area (Å²) in [6, 6.07) is 2.00. The number of carbonyl (C=O) groups excluding carboxylic acids is 1. The molecule has 1 N–H and O–H groups in total. The van der Waals surface area contributed by atoms with Crippen molar-refractivity contribution in [3.63, 3.8) is 0 Å². The molecule has 0 saturated heterocycles. The zero-order valence-electron chi connectivity index (χ0n) is 11.7. The van der Waals surface area contributed by atoms with Crippen molar-refractivity contribution in [3.8, 4) is 0 Å². The number of unbranched alkanes of at least 4 members (excludes halogenated alkanes) is 1. The van der Waals surface area contributed by atoms with Crippen molar-refractivity contribution < 1.29 is 4.79 Å². The van der Waals surface area contributed by atoms with Crippen molar-refractivity contribution in [1.29, 1.82) is 0 Å². The minimum Gasteiger partial charge on any atom is -0.349 e. The number of nitrogens with one attached hydrogen (secondary N) is 1. The fourth-order valence-corrected chi connectivity index (χ4v) is 3.39. The van der Waals surface area contributed by atoms with Crippen molar-refractivity contribution in [2.75, 3.05) is 0 Å². The van der Waals surface area contributed by atoms with Gasteiger partial charge in [0.15, 0.2) is 0 Å². The van der Waals surface area contributed by atoms with E-state index in [9.17, 15) is 4.79 Å². The quantitative estimate of drug-likeness (QED) is 0.781. The number of halogens is 2. The molecule has 1 heterocycles. The lowest BCUT2D eigenvalue weighted by atomic mass is 9.96. The number of hydrogen-bond donors (Lipinski definition) is 1. The zero-order valence-corrected chi connectivity index (χ0v) is 14.0. The van der Waals surface area contributed by atoms with E-state index in [1.165, 1.54) is 32.1 Å². The highest BCUT2D eigenvalue weighted by molar-refractivity contribution is 9.10. The van der Waals surface area contributed by atoms with E-state index < -0.39 is 0 Å². The summed E-state index contributed by atoms with van der Waals surface area (Å²) in [4.78, 5) is 16.3. The smallest absolute Gasteiger partial charge is 0.254 e. The first-order valence-corrected chi connectivity index (χ1v) is 8.40. The van der Waals surface area contributed by atoms with Crippen LogP contribution in [0.15, 0.2) is 16.7 Å². The van der Waals surface area contributed by atoms with Gasteiger partial charge in [-0.2, -0.15) is 0 Å². The summed E-state index contributed by atoms with van der Waals surface area (Å²) in [5.41, 5.74) is 0.446. The minimum atomic E-state index is -0.114. The van der Waals surface area contributed by atoms with Crippen LogP contribution >= 0.6 is 27.5 Å². The molecule has 0 aromatic carbocycles. The average Bonchev–Trinajstić information content (AvgIpc) is 2.86. The number of rotatable bonds is 5. The van der Waals surface area contributed by atoms with Gasteiger partial charge in [-0.15, -0.1) is 0 Å². The number of hydrogen-bond acceptors (Lipinski definition) is 2. The second kappa shape index (κ2) is 7.41. The van der Waals surface area contributed by atoms with Gasteiger partial charge in [-0.3, -0.25) is 4.79 Å². The van der Waals surface area contributed by atoms with Crippen LogP contribution in [0.1, 0.15) is 55.8 Å². The first kappa shape index (κ1) is 15.8. The molecule has 1 aliphatic carbocycles. The molecule has 0 aliphatic heterocycles. The second-order valence-corrected chi connectivity index (χ2v) is 6.68. The van der Waals surface area contributed by atoms with E-state index in [-0.39, 0.29) is 17.1 Å². The molecule has 0 radical (unpaired) electrons. The maximum Gasteiger partial charge on any atom is 0.254 e. The molecule has 2 unspecified atom stereocenters. The molecule has 20 heavy (non-hydrogen) atoms. The van der Waals surface area contributed by atoms with E-state index >= 15 is 0 Å². The molecule has 1 amide bonds. The summed E-state index contributed by atoms with van der Waals surface area (Å²) < 4.78 is 0.765. The van der Waals surface area contributed by atoms with E-state index in [0.29, 0.717) is 11.5 Å². The van der Waals surface area contributed by atoms with Gasteiger partial charge in [-0.05, 0) is 47.2 Å². The Morgan fingerprint density at radius 3 is 3.10 bits per heavy atom. The van der Waals surface area contributed by atoms with E-state index in [1.54, 1.807) is 12.3 Å². The second-order valence-electron chi connectivity index (χ2n) is 5.41. The van der Waals surface area contributed by atoms with Crippen molar-refractivity contribution >= 4 is 33.4 Å². The van der Waals surface area contributed by atoms with Gasteiger partial charge < -0.3 is 5.32 Å². The third kappa shape index (κ3) is 3.95. The van der Waals surface area contributed by atoms with Crippen LogP contribution in [0.25, 0.3) is 0 Å². The van der Waals surface area contributed by atoms with Gasteiger partial charge in [0.05, 0.1) is 5.56 Å². The van der Waals surface area contributed by atoms with Gasteiger partial charge in [0.1, 0.15) is 5.15 Å². The molecule has 1 fully saturated rings. The molecule has 0 spiro atoms. The van der Waals surface area contributed by atoms with E-state index in [1.807, 2.05) is 0 Å². The Balaban J connectivity index is 2.01. The fraction of sp³-hybridized carbons (Fsp3) is 0.600. The Morgan fingerprint density at radius 1 is 1.55 bits per heavy atom. The average molecular weight is 360 g/mol. The molecule has 1 aliphatic rings. The van der Waals surface area contributed by atoms with Crippen LogP contribution in [-0.4, -0.2) is 16.9 Å². The SMILES string of the molecule is CCCCC1CCCC1NC(=O)c1cc(Br)cnc1Cl. The topological polar surface area (TPSA) is 42.0 Å². The maximum absolute atomic E-state index is 12.3. The van der Waals surface area contributed by atoms with Crippen molar-refractivity contribution in [1.82, 2.24) is 10.3 Å². The van der Waals surface area contributed by atoms with Gasteiger partial charge in [0, 0.05) is 16.7 Å². The molecular weight excluding hydrogens is 340 g/mol. The third-order valence-electron chi connectivity index (χ3n) is 3.95. The standard InChI is InChI=1S/C15H20BrClN2O/c1-2-3-5-10-6-4-7-13(10)19-15(20)12-8-11(16)9-18-14(12)17/h8-10,13H,2-7H2,1H3,(H,19,20). The molecule has 1 aromatic heterocycles. The lowest BCUT2D eigenvalue weighted by Crippen LogP contribution is -2.37. The number of amides is 1. The zero-order chi connectivity index (χ0) is 14.5. The van der Waals surface area contributed by atoms with Crippen LogP contribution in [0, 0.1) is 5.92 Å². The highest BCUT2D eigenvalue weighted by atomic mass is 79.9. The van der Waals surface area contributed by atoms with E-state index in [2.05, 4.69) is 33.2 Å². The molecule has 110 valence electrons. The van der Waals surface area contributed by atoms with Gasteiger partial charge in [0.2, 0.25) is 0 Å². The summed E-state index contributed by atoms with van der Waals surface area (Å²) in [5, 5.41) is 3.40. The Bertz CT molecular complexity index is 481. The molecule has 0 bridgehead atoms. The van der Waals surface area contributed by atoms with Crippen LogP contribution < -0.4 is 5.32 Å². The van der Waals surface area contributed by atoms with Crippen LogP contribution in [0.3, 0.4) is 0 Å². The summed E-state index contributed by atoms with van der Waals surface area (Å²) in [5.74, 6) is 0.495. The minimum absolute atomic E-state index is 0.114. The fourth-order valence-electron chi connectivity index (χ4n) is 2.87. The molecule has 3 nitrogen and oxygen atoms in total. The van der Waals surface area contributed by atoms with Gasteiger partial charge >= 0.3 is 0 Å². The Labute approximate surface area is 133 Å². The molecule has 5 heteroatoms. The Kier molecular flexibility index (Phi) is 5.85. The van der Waals surface area contributed by atoms with Crippen molar-refractivity contribution in [3.05, 3.63) is 27.5 Å². The predicted octanol–water partition coefficient (Wildman–Crippen LogP) is 4.59. The van der Waals surface area contributed by atoms with E-state index in [4.69, 9.17) is 11.6 Å². The lowest BCUT2D eigenvalue weighted by Gasteiger charge is -2.21. The molecule has 1 saturated carbocycles.